The monoisotopic (exact) mass is 253 g/mol. The second-order valence-electron chi connectivity index (χ2n) is 5.59. The van der Waals surface area contributed by atoms with Crippen LogP contribution in [0.2, 0.25) is 0 Å². The summed E-state index contributed by atoms with van der Waals surface area (Å²) in [5.41, 5.74) is 1.66. The number of hydrogen-bond donors (Lipinski definition) is 1. The van der Waals surface area contributed by atoms with Gasteiger partial charge in [0.15, 0.2) is 0 Å². The standard InChI is InChI=1S/C15H24ClN/c1-15(2,3)14(9-11-16)17-12-10-13-7-5-4-6-8-13/h4-8,14,17H,9-12H2,1-3H3. The van der Waals surface area contributed by atoms with Crippen molar-refractivity contribution in [3.05, 3.63) is 35.9 Å². The Hall–Kier alpha value is -0.530. The Balaban J connectivity index is 2.37. The number of benzene rings is 1. The van der Waals surface area contributed by atoms with Gasteiger partial charge < -0.3 is 5.32 Å². The average Bonchev–Trinajstić information content (AvgIpc) is 2.28. The summed E-state index contributed by atoms with van der Waals surface area (Å²) >= 11 is 5.86. The molecule has 0 aliphatic heterocycles. The highest BCUT2D eigenvalue weighted by molar-refractivity contribution is 6.17. The van der Waals surface area contributed by atoms with Gasteiger partial charge in [0.2, 0.25) is 0 Å². The number of alkyl halides is 1. The summed E-state index contributed by atoms with van der Waals surface area (Å²) in [6, 6.07) is 11.1. The van der Waals surface area contributed by atoms with E-state index in [1.54, 1.807) is 0 Å². The van der Waals surface area contributed by atoms with Gasteiger partial charge in [-0.05, 0) is 30.4 Å². The highest BCUT2D eigenvalue weighted by Crippen LogP contribution is 2.22. The smallest absolute Gasteiger partial charge is 0.0238 e. The summed E-state index contributed by atoms with van der Waals surface area (Å²) in [4.78, 5) is 0. The van der Waals surface area contributed by atoms with Crippen LogP contribution >= 0.6 is 11.6 Å². The lowest BCUT2D eigenvalue weighted by atomic mass is 9.85. The number of halogens is 1. The van der Waals surface area contributed by atoms with E-state index in [4.69, 9.17) is 11.6 Å². The second-order valence-corrected chi connectivity index (χ2v) is 5.96. The van der Waals surface area contributed by atoms with E-state index in [1.807, 2.05) is 0 Å². The molecule has 0 amide bonds. The Kier molecular flexibility index (Phi) is 6.01. The van der Waals surface area contributed by atoms with Crippen LogP contribution in [0.25, 0.3) is 0 Å². The van der Waals surface area contributed by atoms with Crippen LogP contribution in [-0.4, -0.2) is 18.5 Å². The molecular weight excluding hydrogens is 230 g/mol. The molecule has 1 aromatic rings. The van der Waals surface area contributed by atoms with E-state index in [1.165, 1.54) is 5.56 Å². The van der Waals surface area contributed by atoms with Gasteiger partial charge in [-0.3, -0.25) is 0 Å². The van der Waals surface area contributed by atoms with E-state index < -0.39 is 0 Å². The maximum atomic E-state index is 5.86. The molecule has 0 aliphatic rings. The highest BCUT2D eigenvalue weighted by atomic mass is 35.5. The molecule has 96 valence electrons. The minimum absolute atomic E-state index is 0.269. The van der Waals surface area contributed by atoms with E-state index in [0.717, 1.165) is 25.3 Å². The summed E-state index contributed by atoms with van der Waals surface area (Å²) < 4.78 is 0. The predicted octanol–water partition coefficient (Wildman–Crippen LogP) is 3.86. The zero-order valence-corrected chi connectivity index (χ0v) is 11.9. The normalized spacial score (nSPS) is 13.6. The van der Waals surface area contributed by atoms with Crippen molar-refractivity contribution in [3.63, 3.8) is 0 Å². The number of hydrogen-bond acceptors (Lipinski definition) is 1. The van der Waals surface area contributed by atoms with Crippen LogP contribution < -0.4 is 5.32 Å². The first-order valence-electron chi connectivity index (χ1n) is 6.37. The molecule has 0 saturated carbocycles. The molecule has 0 spiro atoms. The van der Waals surface area contributed by atoms with Crippen molar-refractivity contribution in [2.45, 2.75) is 39.7 Å². The van der Waals surface area contributed by atoms with Gasteiger partial charge in [-0.2, -0.15) is 0 Å². The summed E-state index contributed by atoms with van der Waals surface area (Å²) in [6.07, 6.45) is 2.11. The van der Waals surface area contributed by atoms with Gasteiger partial charge in [0.1, 0.15) is 0 Å². The molecule has 1 rings (SSSR count). The van der Waals surface area contributed by atoms with Gasteiger partial charge in [-0.15, -0.1) is 11.6 Å². The van der Waals surface area contributed by atoms with Gasteiger partial charge in [0.05, 0.1) is 0 Å². The van der Waals surface area contributed by atoms with Crippen LogP contribution in [0, 0.1) is 5.41 Å². The fourth-order valence-corrected chi connectivity index (χ4v) is 2.20. The maximum Gasteiger partial charge on any atom is 0.0238 e. The zero-order valence-electron chi connectivity index (χ0n) is 11.2. The Bertz CT molecular complexity index is 302. The van der Waals surface area contributed by atoms with E-state index >= 15 is 0 Å². The molecule has 0 fully saturated rings. The van der Waals surface area contributed by atoms with Crippen molar-refractivity contribution in [1.82, 2.24) is 5.32 Å². The van der Waals surface area contributed by atoms with Crippen molar-refractivity contribution in [2.24, 2.45) is 5.41 Å². The van der Waals surface area contributed by atoms with Crippen molar-refractivity contribution >= 4 is 11.6 Å². The van der Waals surface area contributed by atoms with E-state index in [-0.39, 0.29) is 5.41 Å². The Morgan fingerprint density at radius 1 is 1.18 bits per heavy atom. The Labute approximate surface area is 111 Å². The van der Waals surface area contributed by atoms with Crippen LogP contribution in [0.1, 0.15) is 32.8 Å². The molecular formula is C15H24ClN. The molecule has 0 aromatic heterocycles. The van der Waals surface area contributed by atoms with Crippen LogP contribution in [0.15, 0.2) is 30.3 Å². The summed E-state index contributed by atoms with van der Waals surface area (Å²) in [5, 5.41) is 3.62. The van der Waals surface area contributed by atoms with Crippen molar-refractivity contribution in [1.29, 1.82) is 0 Å². The molecule has 1 nitrogen and oxygen atoms in total. The van der Waals surface area contributed by atoms with Crippen molar-refractivity contribution < 1.29 is 0 Å². The fraction of sp³-hybridized carbons (Fsp3) is 0.600. The fourth-order valence-electron chi connectivity index (χ4n) is 1.99. The zero-order chi connectivity index (χ0) is 12.7. The molecule has 17 heavy (non-hydrogen) atoms. The number of rotatable bonds is 6. The SMILES string of the molecule is CC(C)(C)C(CCCl)NCCc1ccccc1. The van der Waals surface area contributed by atoms with Crippen LogP contribution in [0.4, 0.5) is 0 Å². The van der Waals surface area contributed by atoms with Crippen molar-refractivity contribution in [2.75, 3.05) is 12.4 Å². The second kappa shape index (κ2) is 7.03. The van der Waals surface area contributed by atoms with E-state index in [9.17, 15) is 0 Å². The molecule has 1 aromatic carbocycles. The van der Waals surface area contributed by atoms with E-state index in [0.29, 0.717) is 6.04 Å². The first kappa shape index (κ1) is 14.5. The van der Waals surface area contributed by atoms with Crippen LogP contribution in [-0.2, 0) is 6.42 Å². The summed E-state index contributed by atoms with van der Waals surface area (Å²) in [5.74, 6) is 0.722. The Morgan fingerprint density at radius 3 is 2.35 bits per heavy atom. The third kappa shape index (κ3) is 5.56. The lowest BCUT2D eigenvalue weighted by molar-refractivity contribution is 0.263. The van der Waals surface area contributed by atoms with Gasteiger partial charge in [-0.25, -0.2) is 0 Å². The lowest BCUT2D eigenvalue weighted by Gasteiger charge is -2.31. The van der Waals surface area contributed by atoms with Crippen LogP contribution in [0.5, 0.6) is 0 Å². The highest BCUT2D eigenvalue weighted by Gasteiger charge is 2.22. The molecule has 0 radical (unpaired) electrons. The maximum absolute atomic E-state index is 5.86. The summed E-state index contributed by atoms with van der Waals surface area (Å²) in [6.45, 7) is 7.81. The van der Waals surface area contributed by atoms with E-state index in [2.05, 4.69) is 56.4 Å². The molecule has 0 heterocycles. The van der Waals surface area contributed by atoms with Crippen molar-refractivity contribution in [3.8, 4) is 0 Å². The van der Waals surface area contributed by atoms with Gasteiger partial charge in [0.25, 0.3) is 0 Å². The van der Waals surface area contributed by atoms with Gasteiger partial charge in [0, 0.05) is 11.9 Å². The predicted molar refractivity (Wildman–Crippen MR) is 76.7 cm³/mol. The van der Waals surface area contributed by atoms with Gasteiger partial charge in [-0.1, -0.05) is 51.1 Å². The Morgan fingerprint density at radius 2 is 1.82 bits per heavy atom. The molecule has 1 atom stereocenters. The third-order valence-electron chi connectivity index (χ3n) is 3.09. The minimum atomic E-state index is 0.269. The van der Waals surface area contributed by atoms with Gasteiger partial charge >= 0.3 is 0 Å². The molecule has 0 bridgehead atoms. The summed E-state index contributed by atoms with van der Waals surface area (Å²) in [7, 11) is 0. The minimum Gasteiger partial charge on any atom is -0.313 e. The van der Waals surface area contributed by atoms with Crippen LogP contribution in [0.3, 0.4) is 0 Å². The average molecular weight is 254 g/mol. The largest absolute Gasteiger partial charge is 0.313 e. The molecule has 1 unspecified atom stereocenters. The molecule has 1 N–H and O–H groups in total. The molecule has 0 saturated heterocycles. The first-order chi connectivity index (χ1) is 8.04. The lowest BCUT2D eigenvalue weighted by Crippen LogP contribution is -2.41. The first-order valence-corrected chi connectivity index (χ1v) is 6.91. The molecule has 0 aliphatic carbocycles. The topological polar surface area (TPSA) is 12.0 Å². The third-order valence-corrected chi connectivity index (χ3v) is 3.31. The number of nitrogens with one attached hydrogen (secondary N) is 1. The quantitative estimate of drug-likeness (QED) is 0.759. The molecule has 2 heteroatoms.